The molecule has 2 aromatic carbocycles. The molecule has 0 saturated heterocycles. The molecule has 0 aliphatic heterocycles. The lowest BCUT2D eigenvalue weighted by atomic mass is 10.1. The van der Waals surface area contributed by atoms with E-state index in [1.807, 2.05) is 24.3 Å². The number of carbonyl (C=O) groups is 2. The first kappa shape index (κ1) is 18.3. The molecule has 6 nitrogen and oxygen atoms in total. The molecule has 0 atom stereocenters. The van der Waals surface area contributed by atoms with Gasteiger partial charge in [0, 0.05) is 18.3 Å². The van der Waals surface area contributed by atoms with Crippen molar-refractivity contribution in [2.45, 2.75) is 20.3 Å². The monoisotopic (exact) mass is 341 g/mol. The molecule has 3 N–H and O–H groups in total. The molecule has 0 aromatic heterocycles. The Balaban J connectivity index is 2.01. The summed E-state index contributed by atoms with van der Waals surface area (Å²) in [6, 6.07) is 12.9. The minimum absolute atomic E-state index is 0.0796. The van der Waals surface area contributed by atoms with Crippen molar-refractivity contribution >= 4 is 28.9 Å². The topological polar surface area (TPSA) is 79.5 Å². The van der Waals surface area contributed by atoms with Gasteiger partial charge < -0.3 is 20.7 Å². The first-order chi connectivity index (χ1) is 12.0. The number of rotatable bonds is 7. The van der Waals surface area contributed by atoms with Crippen LogP contribution in [-0.2, 0) is 16.0 Å². The molecule has 0 bridgehead atoms. The Morgan fingerprint density at radius 3 is 2.48 bits per heavy atom. The van der Waals surface area contributed by atoms with Gasteiger partial charge in [-0.25, -0.2) is 0 Å². The SMILES string of the molecule is CCc1cccc(NC(=O)CNc2cc(NC(C)=O)ccc2OC)c1. The first-order valence-electron chi connectivity index (χ1n) is 8.10. The Morgan fingerprint density at radius 2 is 1.80 bits per heavy atom. The predicted octanol–water partition coefficient (Wildman–Crippen LogP) is 3.27. The fourth-order valence-electron chi connectivity index (χ4n) is 2.38. The van der Waals surface area contributed by atoms with Crippen molar-refractivity contribution in [1.82, 2.24) is 0 Å². The van der Waals surface area contributed by atoms with E-state index >= 15 is 0 Å². The summed E-state index contributed by atoms with van der Waals surface area (Å²) in [7, 11) is 1.55. The average Bonchev–Trinajstić information content (AvgIpc) is 2.59. The fourth-order valence-corrected chi connectivity index (χ4v) is 2.38. The molecule has 2 amide bonds. The van der Waals surface area contributed by atoms with E-state index in [2.05, 4.69) is 22.9 Å². The van der Waals surface area contributed by atoms with Crippen LogP contribution in [-0.4, -0.2) is 25.5 Å². The van der Waals surface area contributed by atoms with Gasteiger partial charge in [-0.05, 0) is 42.3 Å². The van der Waals surface area contributed by atoms with Gasteiger partial charge in [-0.15, -0.1) is 0 Å². The molecule has 0 aliphatic carbocycles. The summed E-state index contributed by atoms with van der Waals surface area (Å²) in [5.74, 6) is 0.264. The number of carbonyl (C=O) groups excluding carboxylic acids is 2. The molecule has 0 saturated carbocycles. The summed E-state index contributed by atoms with van der Waals surface area (Å²) in [4.78, 5) is 23.3. The number of anilines is 3. The van der Waals surface area contributed by atoms with Crippen LogP contribution in [0.1, 0.15) is 19.4 Å². The summed E-state index contributed by atoms with van der Waals surface area (Å²) < 4.78 is 5.28. The van der Waals surface area contributed by atoms with Gasteiger partial charge in [0.1, 0.15) is 5.75 Å². The molecule has 2 rings (SSSR count). The van der Waals surface area contributed by atoms with Crippen LogP contribution in [0.2, 0.25) is 0 Å². The lowest BCUT2D eigenvalue weighted by molar-refractivity contribution is -0.115. The highest BCUT2D eigenvalue weighted by atomic mass is 16.5. The van der Waals surface area contributed by atoms with Crippen molar-refractivity contribution in [3.63, 3.8) is 0 Å². The van der Waals surface area contributed by atoms with Gasteiger partial charge >= 0.3 is 0 Å². The van der Waals surface area contributed by atoms with E-state index in [0.29, 0.717) is 17.1 Å². The second kappa shape index (κ2) is 8.73. The van der Waals surface area contributed by atoms with E-state index in [9.17, 15) is 9.59 Å². The molecule has 6 heteroatoms. The van der Waals surface area contributed by atoms with Gasteiger partial charge in [0.2, 0.25) is 11.8 Å². The molecular weight excluding hydrogens is 318 g/mol. The van der Waals surface area contributed by atoms with Crippen LogP contribution in [0, 0.1) is 0 Å². The Bertz CT molecular complexity index is 759. The number of hydrogen-bond donors (Lipinski definition) is 3. The maximum atomic E-state index is 12.2. The summed E-state index contributed by atoms with van der Waals surface area (Å²) in [6.45, 7) is 3.59. The van der Waals surface area contributed by atoms with E-state index < -0.39 is 0 Å². The second-order valence-corrected chi connectivity index (χ2v) is 5.55. The largest absolute Gasteiger partial charge is 0.495 e. The average molecular weight is 341 g/mol. The Labute approximate surface area is 147 Å². The molecule has 0 spiro atoms. The zero-order valence-electron chi connectivity index (χ0n) is 14.7. The lowest BCUT2D eigenvalue weighted by Gasteiger charge is -2.13. The van der Waals surface area contributed by atoms with Gasteiger partial charge in [-0.3, -0.25) is 9.59 Å². The number of nitrogens with one attached hydrogen (secondary N) is 3. The molecular formula is C19H23N3O3. The van der Waals surface area contributed by atoms with Crippen LogP contribution >= 0.6 is 0 Å². The van der Waals surface area contributed by atoms with Crippen LogP contribution in [0.3, 0.4) is 0 Å². The van der Waals surface area contributed by atoms with Crippen LogP contribution in [0.4, 0.5) is 17.1 Å². The highest BCUT2D eigenvalue weighted by Gasteiger charge is 2.08. The highest BCUT2D eigenvalue weighted by molar-refractivity contribution is 5.94. The quantitative estimate of drug-likeness (QED) is 0.722. The van der Waals surface area contributed by atoms with Crippen LogP contribution < -0.4 is 20.7 Å². The summed E-state index contributed by atoms with van der Waals surface area (Å²) in [5, 5.41) is 8.60. The highest BCUT2D eigenvalue weighted by Crippen LogP contribution is 2.27. The summed E-state index contributed by atoms with van der Waals surface area (Å²) in [5.41, 5.74) is 3.19. The maximum Gasteiger partial charge on any atom is 0.243 e. The molecule has 0 fully saturated rings. The number of amides is 2. The number of hydrogen-bond acceptors (Lipinski definition) is 4. The number of benzene rings is 2. The Kier molecular flexibility index (Phi) is 6.39. The minimum Gasteiger partial charge on any atom is -0.495 e. The zero-order chi connectivity index (χ0) is 18.2. The molecule has 132 valence electrons. The van der Waals surface area contributed by atoms with Gasteiger partial charge in [0.15, 0.2) is 0 Å². The van der Waals surface area contributed by atoms with E-state index in [0.717, 1.165) is 17.7 Å². The number of aryl methyl sites for hydroxylation is 1. The summed E-state index contributed by atoms with van der Waals surface area (Å²) >= 11 is 0. The van der Waals surface area contributed by atoms with Gasteiger partial charge in [-0.1, -0.05) is 19.1 Å². The minimum atomic E-state index is -0.166. The van der Waals surface area contributed by atoms with Gasteiger partial charge in [-0.2, -0.15) is 0 Å². The van der Waals surface area contributed by atoms with E-state index in [-0.39, 0.29) is 18.4 Å². The third-order valence-electron chi connectivity index (χ3n) is 3.58. The third kappa shape index (κ3) is 5.53. The Hall–Kier alpha value is -3.02. The lowest BCUT2D eigenvalue weighted by Crippen LogP contribution is -2.22. The summed E-state index contributed by atoms with van der Waals surface area (Å²) in [6.07, 6.45) is 0.912. The van der Waals surface area contributed by atoms with Crippen molar-refractivity contribution in [3.05, 3.63) is 48.0 Å². The normalized spacial score (nSPS) is 10.0. The zero-order valence-corrected chi connectivity index (χ0v) is 14.7. The van der Waals surface area contributed by atoms with Crippen molar-refractivity contribution in [2.24, 2.45) is 0 Å². The van der Waals surface area contributed by atoms with Crippen molar-refractivity contribution in [2.75, 3.05) is 29.6 Å². The van der Waals surface area contributed by atoms with Crippen LogP contribution in [0.25, 0.3) is 0 Å². The van der Waals surface area contributed by atoms with Crippen molar-refractivity contribution in [1.29, 1.82) is 0 Å². The molecule has 0 radical (unpaired) electrons. The van der Waals surface area contributed by atoms with Gasteiger partial charge in [0.25, 0.3) is 0 Å². The Morgan fingerprint density at radius 1 is 1.04 bits per heavy atom. The first-order valence-corrected chi connectivity index (χ1v) is 8.10. The predicted molar refractivity (Wildman–Crippen MR) is 100 cm³/mol. The maximum absolute atomic E-state index is 12.2. The second-order valence-electron chi connectivity index (χ2n) is 5.55. The van der Waals surface area contributed by atoms with E-state index in [1.54, 1.807) is 25.3 Å². The fraction of sp³-hybridized carbons (Fsp3) is 0.263. The van der Waals surface area contributed by atoms with Crippen LogP contribution in [0.5, 0.6) is 5.75 Å². The molecule has 25 heavy (non-hydrogen) atoms. The number of methoxy groups -OCH3 is 1. The van der Waals surface area contributed by atoms with Gasteiger partial charge in [0.05, 0.1) is 19.3 Å². The molecule has 0 aliphatic rings. The smallest absolute Gasteiger partial charge is 0.243 e. The van der Waals surface area contributed by atoms with Crippen molar-refractivity contribution in [3.8, 4) is 5.75 Å². The third-order valence-corrected chi connectivity index (χ3v) is 3.58. The van der Waals surface area contributed by atoms with Crippen molar-refractivity contribution < 1.29 is 14.3 Å². The molecule has 0 unspecified atom stereocenters. The van der Waals surface area contributed by atoms with Crippen LogP contribution in [0.15, 0.2) is 42.5 Å². The van der Waals surface area contributed by atoms with E-state index in [4.69, 9.17) is 4.74 Å². The van der Waals surface area contributed by atoms with E-state index in [1.165, 1.54) is 6.92 Å². The molecule has 0 heterocycles. The standard InChI is InChI=1S/C19H23N3O3/c1-4-14-6-5-7-15(10-14)22-19(24)12-20-17-11-16(21-13(2)23)8-9-18(17)25-3/h5-11,20H,4,12H2,1-3H3,(H,21,23)(H,22,24). The number of ether oxygens (including phenoxy) is 1. The molecule has 2 aromatic rings.